The molecular weight excluding hydrogens is 334 g/mol. The third-order valence-electron chi connectivity index (χ3n) is 3.02. The van der Waals surface area contributed by atoms with Gasteiger partial charge >= 0.3 is 0 Å². The second-order valence-corrected chi connectivity index (χ2v) is 8.97. The van der Waals surface area contributed by atoms with Gasteiger partial charge in [0.2, 0.25) is 5.28 Å². The Morgan fingerprint density at radius 1 is 1.26 bits per heavy atom. The van der Waals surface area contributed by atoms with Crippen molar-refractivity contribution >= 4 is 32.9 Å². The molecule has 0 radical (unpaired) electrons. The molecule has 7 heteroatoms. The summed E-state index contributed by atoms with van der Waals surface area (Å²) >= 11 is 5.80. The van der Waals surface area contributed by atoms with Crippen molar-refractivity contribution in [2.24, 2.45) is 5.41 Å². The molecule has 0 aliphatic rings. The van der Waals surface area contributed by atoms with Gasteiger partial charge in [-0.3, -0.25) is 0 Å². The Kier molecular flexibility index (Phi) is 4.96. The number of aryl methyl sites for hydroxylation is 1. The molecule has 1 aromatic heterocycles. The highest BCUT2D eigenvalue weighted by molar-refractivity contribution is 7.91. The monoisotopic (exact) mass is 353 g/mol. The van der Waals surface area contributed by atoms with E-state index in [1.165, 1.54) is 0 Å². The molecule has 1 N–H and O–H groups in total. The van der Waals surface area contributed by atoms with Gasteiger partial charge in [0.15, 0.2) is 9.84 Å². The fourth-order valence-electron chi connectivity index (χ4n) is 2.10. The van der Waals surface area contributed by atoms with Crippen molar-refractivity contribution in [2.45, 2.75) is 32.6 Å². The number of hydrogen-bond donors (Lipinski definition) is 1. The molecule has 23 heavy (non-hydrogen) atoms. The molecule has 1 aromatic carbocycles. The Balaban J connectivity index is 2.32. The van der Waals surface area contributed by atoms with Crippen molar-refractivity contribution in [2.75, 3.05) is 11.1 Å². The third-order valence-corrected chi connectivity index (χ3v) is 5.42. The minimum Gasteiger partial charge on any atom is -0.340 e. The van der Waals surface area contributed by atoms with Crippen LogP contribution in [-0.2, 0) is 9.84 Å². The highest BCUT2D eigenvalue weighted by Gasteiger charge is 2.23. The molecule has 0 saturated heterocycles. The molecule has 2 aromatic rings. The number of rotatable bonds is 4. The van der Waals surface area contributed by atoms with E-state index in [1.807, 2.05) is 27.7 Å². The van der Waals surface area contributed by atoms with Crippen LogP contribution in [-0.4, -0.2) is 24.1 Å². The van der Waals surface area contributed by atoms with Gasteiger partial charge in [0.1, 0.15) is 5.82 Å². The lowest BCUT2D eigenvalue weighted by Crippen LogP contribution is -2.20. The molecule has 0 atom stereocenters. The summed E-state index contributed by atoms with van der Waals surface area (Å²) in [5.74, 6) is 0.636. The molecule has 0 aliphatic heterocycles. The Hall–Kier alpha value is -1.66. The van der Waals surface area contributed by atoms with Crippen molar-refractivity contribution in [1.82, 2.24) is 9.97 Å². The molecule has 124 valence electrons. The maximum Gasteiger partial charge on any atom is 0.224 e. The van der Waals surface area contributed by atoms with E-state index in [2.05, 4.69) is 15.3 Å². The number of anilines is 2. The van der Waals surface area contributed by atoms with Gasteiger partial charge in [0.05, 0.1) is 10.6 Å². The van der Waals surface area contributed by atoms with Crippen LogP contribution < -0.4 is 5.32 Å². The normalized spacial score (nSPS) is 12.2. The summed E-state index contributed by atoms with van der Waals surface area (Å²) in [7, 11) is -3.35. The quantitative estimate of drug-likeness (QED) is 0.841. The molecule has 5 nitrogen and oxygen atoms in total. The van der Waals surface area contributed by atoms with Crippen LogP contribution >= 0.6 is 11.6 Å². The van der Waals surface area contributed by atoms with Gasteiger partial charge in [0.25, 0.3) is 0 Å². The number of halogens is 1. The van der Waals surface area contributed by atoms with E-state index in [0.29, 0.717) is 11.5 Å². The first-order chi connectivity index (χ1) is 10.6. The molecular formula is C16H20ClN3O2S. The molecule has 0 amide bonds. The minimum absolute atomic E-state index is 0.0851. The fourth-order valence-corrected chi connectivity index (χ4v) is 4.14. The van der Waals surface area contributed by atoms with Gasteiger partial charge in [-0.1, -0.05) is 26.8 Å². The van der Waals surface area contributed by atoms with Gasteiger partial charge in [-0.25, -0.2) is 18.4 Å². The molecule has 0 spiro atoms. The predicted octanol–water partition coefficient (Wildman–Crippen LogP) is 4.00. The summed E-state index contributed by atoms with van der Waals surface area (Å²) in [5, 5.41) is 3.22. The van der Waals surface area contributed by atoms with E-state index in [4.69, 9.17) is 11.6 Å². The van der Waals surface area contributed by atoms with E-state index in [9.17, 15) is 8.42 Å². The second kappa shape index (κ2) is 6.45. The summed E-state index contributed by atoms with van der Waals surface area (Å²) in [6, 6.07) is 6.70. The number of nitrogens with one attached hydrogen (secondary N) is 1. The predicted molar refractivity (Wildman–Crippen MR) is 93.0 cm³/mol. The standard InChI is InChI=1S/C16H20ClN3O2S/c1-11-9-18-15(17)20-14(11)19-12-6-5-7-13(8-12)23(21,22)10-16(2,3)4/h5-9H,10H2,1-4H3,(H,18,19,20). The maximum absolute atomic E-state index is 12.5. The van der Waals surface area contributed by atoms with Crippen LogP contribution in [0.2, 0.25) is 5.28 Å². The fraction of sp³-hybridized carbons (Fsp3) is 0.375. The van der Waals surface area contributed by atoms with Gasteiger partial charge in [0, 0.05) is 17.4 Å². The average molecular weight is 354 g/mol. The van der Waals surface area contributed by atoms with E-state index < -0.39 is 9.84 Å². The zero-order chi connectivity index (χ0) is 17.3. The van der Waals surface area contributed by atoms with Crippen LogP contribution in [0.1, 0.15) is 26.3 Å². The number of nitrogens with zero attached hydrogens (tertiary/aromatic N) is 2. The Morgan fingerprint density at radius 2 is 1.96 bits per heavy atom. The summed E-state index contributed by atoms with van der Waals surface area (Å²) in [6.07, 6.45) is 1.61. The smallest absolute Gasteiger partial charge is 0.224 e. The number of benzene rings is 1. The Bertz CT molecular complexity index is 814. The highest BCUT2D eigenvalue weighted by Crippen LogP contribution is 2.25. The lowest BCUT2D eigenvalue weighted by molar-refractivity contribution is 0.462. The molecule has 1 heterocycles. The third kappa shape index (κ3) is 4.91. The summed E-state index contributed by atoms with van der Waals surface area (Å²) < 4.78 is 25.0. The Labute approximate surface area is 142 Å². The van der Waals surface area contributed by atoms with Crippen molar-refractivity contribution in [1.29, 1.82) is 0 Å². The van der Waals surface area contributed by atoms with Gasteiger partial charge in [-0.15, -0.1) is 0 Å². The van der Waals surface area contributed by atoms with E-state index in [0.717, 1.165) is 5.56 Å². The molecule has 0 unspecified atom stereocenters. The molecule has 0 aliphatic carbocycles. The van der Waals surface area contributed by atoms with E-state index in [-0.39, 0.29) is 21.3 Å². The lowest BCUT2D eigenvalue weighted by atomic mass is 10.0. The van der Waals surface area contributed by atoms with E-state index >= 15 is 0 Å². The minimum atomic E-state index is -3.35. The zero-order valence-corrected chi connectivity index (χ0v) is 15.2. The van der Waals surface area contributed by atoms with Crippen LogP contribution in [0.4, 0.5) is 11.5 Å². The van der Waals surface area contributed by atoms with Crippen LogP contribution in [0.3, 0.4) is 0 Å². The van der Waals surface area contributed by atoms with Gasteiger partial charge in [-0.05, 0) is 42.1 Å². The molecule has 0 saturated carbocycles. The molecule has 2 rings (SSSR count). The SMILES string of the molecule is Cc1cnc(Cl)nc1Nc1cccc(S(=O)(=O)CC(C)(C)C)c1. The highest BCUT2D eigenvalue weighted by atomic mass is 35.5. The number of hydrogen-bond acceptors (Lipinski definition) is 5. The van der Waals surface area contributed by atoms with Crippen molar-refractivity contribution in [3.8, 4) is 0 Å². The van der Waals surface area contributed by atoms with Crippen molar-refractivity contribution in [3.05, 3.63) is 41.3 Å². The van der Waals surface area contributed by atoms with Crippen molar-refractivity contribution < 1.29 is 8.42 Å². The number of sulfone groups is 1. The van der Waals surface area contributed by atoms with Crippen LogP contribution in [0, 0.1) is 12.3 Å². The molecule has 0 bridgehead atoms. The topological polar surface area (TPSA) is 72.0 Å². The van der Waals surface area contributed by atoms with Crippen LogP contribution in [0.25, 0.3) is 0 Å². The van der Waals surface area contributed by atoms with Crippen molar-refractivity contribution in [3.63, 3.8) is 0 Å². The van der Waals surface area contributed by atoms with Gasteiger partial charge in [-0.2, -0.15) is 0 Å². The van der Waals surface area contributed by atoms with Gasteiger partial charge < -0.3 is 5.32 Å². The zero-order valence-electron chi connectivity index (χ0n) is 13.6. The second-order valence-electron chi connectivity index (χ2n) is 6.64. The number of aromatic nitrogens is 2. The first-order valence-corrected chi connectivity index (χ1v) is 9.19. The van der Waals surface area contributed by atoms with Crippen LogP contribution in [0.5, 0.6) is 0 Å². The first kappa shape index (κ1) is 17.7. The van der Waals surface area contributed by atoms with Crippen LogP contribution in [0.15, 0.2) is 35.4 Å². The average Bonchev–Trinajstić information content (AvgIpc) is 2.41. The lowest BCUT2D eigenvalue weighted by Gasteiger charge is -2.18. The summed E-state index contributed by atoms with van der Waals surface area (Å²) in [5.41, 5.74) is 1.15. The maximum atomic E-state index is 12.5. The van der Waals surface area contributed by atoms with E-state index in [1.54, 1.807) is 30.5 Å². The largest absolute Gasteiger partial charge is 0.340 e. The summed E-state index contributed by atoms with van der Waals surface area (Å²) in [6.45, 7) is 7.55. The summed E-state index contributed by atoms with van der Waals surface area (Å²) in [4.78, 5) is 8.30. The first-order valence-electron chi connectivity index (χ1n) is 7.16. The molecule has 0 fully saturated rings. The Morgan fingerprint density at radius 3 is 2.61 bits per heavy atom.